The van der Waals surface area contributed by atoms with Crippen LogP contribution in [-0.2, 0) is 16.1 Å². The molecule has 1 amide bonds. The number of carbonyl (C=O) groups is 3. The smallest absolute Gasteiger partial charge is 0.338 e. The molecule has 0 radical (unpaired) electrons. The molecule has 0 aromatic heterocycles. The molecule has 0 unspecified atom stereocenters. The Balaban J connectivity index is 1.64. The van der Waals surface area contributed by atoms with Crippen LogP contribution < -0.4 is 9.47 Å². The van der Waals surface area contributed by atoms with Gasteiger partial charge >= 0.3 is 5.97 Å². The average Bonchev–Trinajstić information content (AvgIpc) is 3.15. The number of esters is 1. The van der Waals surface area contributed by atoms with E-state index < -0.39 is 18.4 Å². The van der Waals surface area contributed by atoms with Crippen molar-refractivity contribution in [3.8, 4) is 11.5 Å². The van der Waals surface area contributed by atoms with E-state index >= 15 is 0 Å². The minimum absolute atomic E-state index is 0.121. The summed E-state index contributed by atoms with van der Waals surface area (Å²) < 4.78 is 15.5. The number of methoxy groups -OCH3 is 2. The molecule has 7 nitrogen and oxygen atoms in total. The van der Waals surface area contributed by atoms with Gasteiger partial charge < -0.3 is 19.1 Å². The van der Waals surface area contributed by atoms with Gasteiger partial charge in [-0.1, -0.05) is 12.1 Å². The van der Waals surface area contributed by atoms with Gasteiger partial charge in [0.1, 0.15) is 11.5 Å². The first kappa shape index (κ1) is 20.4. The minimum Gasteiger partial charge on any atom is -0.497 e. The van der Waals surface area contributed by atoms with Crippen molar-refractivity contribution < 1.29 is 28.6 Å². The molecule has 0 N–H and O–H groups in total. The molecule has 29 heavy (non-hydrogen) atoms. The van der Waals surface area contributed by atoms with Crippen LogP contribution >= 0.6 is 0 Å². The van der Waals surface area contributed by atoms with E-state index in [4.69, 9.17) is 14.2 Å². The van der Waals surface area contributed by atoms with Crippen molar-refractivity contribution in [3.05, 3.63) is 59.2 Å². The third-order valence-corrected chi connectivity index (χ3v) is 4.75. The zero-order valence-electron chi connectivity index (χ0n) is 16.5. The van der Waals surface area contributed by atoms with E-state index in [9.17, 15) is 14.4 Å². The van der Waals surface area contributed by atoms with Crippen molar-refractivity contribution in [2.75, 3.05) is 27.4 Å². The predicted molar refractivity (Wildman–Crippen MR) is 105 cm³/mol. The first-order valence-electron chi connectivity index (χ1n) is 9.31. The van der Waals surface area contributed by atoms with Crippen molar-refractivity contribution in [1.82, 2.24) is 4.90 Å². The topological polar surface area (TPSA) is 82.1 Å². The number of Topliss-reactive ketones (excluding diaryl/α,β-unsaturated/α-hetero) is 1. The molecule has 2 aromatic carbocycles. The molecule has 1 heterocycles. The van der Waals surface area contributed by atoms with E-state index in [-0.39, 0.29) is 11.5 Å². The molecule has 1 aliphatic rings. The standard InChI is InChI=1S/C22H23NO6/c1-27-17-8-9-20(28-2)18(12-17)19(24)14-29-22(26)16-6-3-5-15(11-16)13-23-10-4-7-21(23)25/h3,5-6,8-9,11-12H,4,7,10,13-14H2,1-2H3. The number of hydrogen-bond acceptors (Lipinski definition) is 6. The van der Waals surface area contributed by atoms with Gasteiger partial charge in [-0.25, -0.2) is 4.79 Å². The minimum atomic E-state index is -0.602. The molecule has 1 fully saturated rings. The maximum absolute atomic E-state index is 12.5. The van der Waals surface area contributed by atoms with Crippen molar-refractivity contribution in [1.29, 1.82) is 0 Å². The van der Waals surface area contributed by atoms with Crippen LogP contribution in [0.15, 0.2) is 42.5 Å². The van der Waals surface area contributed by atoms with Crippen LogP contribution in [-0.4, -0.2) is 49.9 Å². The summed E-state index contributed by atoms with van der Waals surface area (Å²) in [6.07, 6.45) is 1.42. The summed E-state index contributed by atoms with van der Waals surface area (Å²) in [6, 6.07) is 11.7. The molecular weight excluding hydrogens is 374 g/mol. The zero-order valence-corrected chi connectivity index (χ0v) is 16.5. The summed E-state index contributed by atoms with van der Waals surface area (Å²) in [5, 5.41) is 0. The van der Waals surface area contributed by atoms with Crippen LogP contribution in [0.5, 0.6) is 11.5 Å². The fourth-order valence-electron chi connectivity index (χ4n) is 3.21. The third-order valence-electron chi connectivity index (χ3n) is 4.75. The quantitative estimate of drug-likeness (QED) is 0.503. The van der Waals surface area contributed by atoms with E-state index in [2.05, 4.69) is 0 Å². The Morgan fingerprint density at radius 2 is 1.90 bits per heavy atom. The first-order valence-corrected chi connectivity index (χ1v) is 9.31. The first-order chi connectivity index (χ1) is 14.0. The lowest BCUT2D eigenvalue weighted by molar-refractivity contribution is -0.128. The van der Waals surface area contributed by atoms with Gasteiger partial charge in [0.2, 0.25) is 11.7 Å². The number of benzene rings is 2. The number of ether oxygens (including phenoxy) is 3. The van der Waals surface area contributed by atoms with Crippen LogP contribution in [0.2, 0.25) is 0 Å². The molecule has 0 atom stereocenters. The van der Waals surface area contributed by atoms with E-state index in [0.717, 1.165) is 18.5 Å². The number of rotatable bonds is 8. The second-order valence-electron chi connectivity index (χ2n) is 6.68. The van der Waals surface area contributed by atoms with Gasteiger partial charge in [-0.05, 0) is 42.3 Å². The average molecular weight is 397 g/mol. The lowest BCUT2D eigenvalue weighted by atomic mass is 10.1. The molecule has 7 heteroatoms. The predicted octanol–water partition coefficient (Wildman–Crippen LogP) is 2.87. The number of hydrogen-bond donors (Lipinski definition) is 0. The number of ketones is 1. The summed E-state index contributed by atoms with van der Waals surface area (Å²) in [7, 11) is 2.96. The Hall–Kier alpha value is -3.35. The Kier molecular flexibility index (Phi) is 6.49. The van der Waals surface area contributed by atoms with Crippen LogP contribution in [0.3, 0.4) is 0 Å². The highest BCUT2D eigenvalue weighted by molar-refractivity contribution is 6.01. The molecule has 1 saturated heterocycles. The Morgan fingerprint density at radius 3 is 2.59 bits per heavy atom. The van der Waals surface area contributed by atoms with Gasteiger partial charge in [-0.2, -0.15) is 0 Å². The van der Waals surface area contributed by atoms with Crippen molar-refractivity contribution in [2.24, 2.45) is 0 Å². The Labute approximate surface area is 169 Å². The molecule has 0 bridgehead atoms. The highest BCUT2D eigenvalue weighted by Gasteiger charge is 2.21. The van der Waals surface area contributed by atoms with Crippen molar-refractivity contribution in [3.63, 3.8) is 0 Å². The molecule has 0 saturated carbocycles. The summed E-state index contributed by atoms with van der Waals surface area (Å²) in [5.74, 6) is 0.00677. The van der Waals surface area contributed by atoms with Crippen LogP contribution in [0, 0.1) is 0 Å². The normalized spacial score (nSPS) is 13.3. The van der Waals surface area contributed by atoms with Gasteiger partial charge in [0.05, 0.1) is 25.3 Å². The number of amides is 1. The molecule has 0 spiro atoms. The lowest BCUT2D eigenvalue weighted by Crippen LogP contribution is -2.24. The summed E-state index contributed by atoms with van der Waals surface area (Å²) in [6.45, 7) is 0.765. The number of nitrogens with zero attached hydrogens (tertiary/aromatic N) is 1. The fraction of sp³-hybridized carbons (Fsp3) is 0.318. The highest BCUT2D eigenvalue weighted by atomic mass is 16.5. The summed E-state index contributed by atoms with van der Waals surface area (Å²) in [4.78, 5) is 38.5. The van der Waals surface area contributed by atoms with E-state index in [1.54, 1.807) is 41.3 Å². The maximum Gasteiger partial charge on any atom is 0.338 e. The summed E-state index contributed by atoms with van der Waals surface area (Å²) >= 11 is 0. The maximum atomic E-state index is 12.5. The number of likely N-dealkylation sites (tertiary alicyclic amines) is 1. The van der Waals surface area contributed by atoms with Gasteiger partial charge in [0.25, 0.3) is 0 Å². The monoisotopic (exact) mass is 397 g/mol. The van der Waals surface area contributed by atoms with E-state index in [1.165, 1.54) is 14.2 Å². The number of carbonyl (C=O) groups excluding carboxylic acids is 3. The largest absolute Gasteiger partial charge is 0.497 e. The lowest BCUT2D eigenvalue weighted by Gasteiger charge is -2.15. The highest BCUT2D eigenvalue weighted by Crippen LogP contribution is 2.24. The second kappa shape index (κ2) is 9.23. The molecule has 0 aliphatic carbocycles. The van der Waals surface area contributed by atoms with Crippen molar-refractivity contribution in [2.45, 2.75) is 19.4 Å². The van der Waals surface area contributed by atoms with Gasteiger partial charge in [0, 0.05) is 19.5 Å². The van der Waals surface area contributed by atoms with E-state index in [1.807, 2.05) is 6.07 Å². The Morgan fingerprint density at radius 1 is 1.07 bits per heavy atom. The van der Waals surface area contributed by atoms with Crippen LogP contribution in [0.1, 0.15) is 39.1 Å². The second-order valence-corrected chi connectivity index (χ2v) is 6.68. The Bertz CT molecular complexity index is 923. The van der Waals surface area contributed by atoms with Crippen LogP contribution in [0.25, 0.3) is 0 Å². The van der Waals surface area contributed by atoms with Gasteiger partial charge in [0.15, 0.2) is 6.61 Å². The van der Waals surface area contributed by atoms with Gasteiger partial charge in [-0.3, -0.25) is 9.59 Å². The molecule has 2 aromatic rings. The fourth-order valence-corrected chi connectivity index (χ4v) is 3.21. The molecule has 3 rings (SSSR count). The van der Waals surface area contributed by atoms with E-state index in [0.29, 0.717) is 30.0 Å². The molecule has 1 aliphatic heterocycles. The van der Waals surface area contributed by atoms with Gasteiger partial charge in [-0.15, -0.1) is 0 Å². The zero-order chi connectivity index (χ0) is 20.8. The SMILES string of the molecule is COc1ccc(OC)c(C(=O)COC(=O)c2cccc(CN3CCCC3=O)c2)c1. The third kappa shape index (κ3) is 4.93. The molecule has 152 valence electrons. The molecular formula is C22H23NO6. The van der Waals surface area contributed by atoms with Crippen molar-refractivity contribution >= 4 is 17.7 Å². The summed E-state index contributed by atoms with van der Waals surface area (Å²) in [5.41, 5.74) is 1.45. The van der Waals surface area contributed by atoms with Crippen LogP contribution in [0.4, 0.5) is 0 Å².